The van der Waals surface area contributed by atoms with E-state index in [2.05, 4.69) is 4.90 Å². The van der Waals surface area contributed by atoms with Gasteiger partial charge in [-0.3, -0.25) is 14.5 Å². The van der Waals surface area contributed by atoms with Gasteiger partial charge in [0.25, 0.3) is 0 Å². The summed E-state index contributed by atoms with van der Waals surface area (Å²) in [7, 11) is 0. The topological polar surface area (TPSA) is 60.9 Å². The van der Waals surface area contributed by atoms with Crippen LogP contribution in [0.15, 0.2) is 0 Å². The van der Waals surface area contributed by atoms with Crippen molar-refractivity contribution in [1.29, 1.82) is 0 Å². The highest BCUT2D eigenvalue weighted by molar-refractivity contribution is 5.85. The maximum absolute atomic E-state index is 12.6. The molecular formula is C16H26N2O3. The molecule has 2 atom stereocenters. The van der Waals surface area contributed by atoms with Crippen molar-refractivity contribution in [3.8, 4) is 0 Å². The van der Waals surface area contributed by atoms with Crippen LogP contribution in [-0.2, 0) is 9.59 Å². The molecule has 5 heteroatoms. The van der Waals surface area contributed by atoms with Gasteiger partial charge in [0.2, 0.25) is 5.91 Å². The van der Waals surface area contributed by atoms with Crippen LogP contribution >= 0.6 is 0 Å². The van der Waals surface area contributed by atoms with Crippen LogP contribution in [0.25, 0.3) is 0 Å². The summed E-state index contributed by atoms with van der Waals surface area (Å²) in [4.78, 5) is 28.3. The van der Waals surface area contributed by atoms with Crippen LogP contribution < -0.4 is 0 Å². The molecule has 0 aromatic rings. The lowest BCUT2D eigenvalue weighted by Gasteiger charge is -2.39. The van der Waals surface area contributed by atoms with Crippen LogP contribution in [0.1, 0.15) is 44.9 Å². The summed E-state index contributed by atoms with van der Waals surface area (Å²) < 4.78 is 0. The number of aliphatic carboxylic acids is 1. The zero-order valence-electron chi connectivity index (χ0n) is 12.7. The number of carbonyl (C=O) groups excluding carboxylic acids is 1. The first kappa shape index (κ1) is 14.8. The van der Waals surface area contributed by atoms with Gasteiger partial charge in [0.1, 0.15) is 0 Å². The summed E-state index contributed by atoms with van der Waals surface area (Å²) in [6, 6.07) is 0.723. The average Bonchev–Trinajstić information content (AvgIpc) is 3.18. The van der Waals surface area contributed by atoms with Crippen LogP contribution in [0.4, 0.5) is 0 Å². The highest BCUT2D eigenvalue weighted by Crippen LogP contribution is 2.34. The molecule has 1 amide bonds. The Hall–Kier alpha value is -1.10. The third-order valence-corrected chi connectivity index (χ3v) is 5.62. The maximum Gasteiger partial charge on any atom is 0.307 e. The second kappa shape index (κ2) is 6.34. The molecule has 0 aromatic carbocycles. The third kappa shape index (κ3) is 3.07. The number of carboxylic acid groups (broad SMARTS) is 1. The van der Waals surface area contributed by atoms with Crippen molar-refractivity contribution in [2.75, 3.05) is 26.2 Å². The van der Waals surface area contributed by atoms with Crippen LogP contribution in [-0.4, -0.2) is 59.0 Å². The normalized spacial score (nSPS) is 31.7. The van der Waals surface area contributed by atoms with Crippen molar-refractivity contribution < 1.29 is 14.7 Å². The third-order valence-electron chi connectivity index (χ3n) is 5.62. The maximum atomic E-state index is 12.6. The molecular weight excluding hydrogens is 268 g/mol. The fourth-order valence-electron chi connectivity index (χ4n) is 4.36. The fourth-order valence-corrected chi connectivity index (χ4v) is 4.36. The molecule has 1 N–H and O–H groups in total. The van der Waals surface area contributed by atoms with E-state index < -0.39 is 11.9 Å². The lowest BCUT2D eigenvalue weighted by Crippen LogP contribution is -2.53. The molecule has 3 aliphatic rings. The van der Waals surface area contributed by atoms with Crippen LogP contribution in [0.5, 0.6) is 0 Å². The molecule has 2 unspecified atom stereocenters. The number of hydrogen-bond acceptors (Lipinski definition) is 3. The summed E-state index contributed by atoms with van der Waals surface area (Å²) in [5.41, 5.74) is 0. The van der Waals surface area contributed by atoms with E-state index in [9.17, 15) is 14.7 Å². The summed E-state index contributed by atoms with van der Waals surface area (Å²) in [6.45, 7) is 3.47. The molecule has 118 valence electrons. The van der Waals surface area contributed by atoms with Crippen molar-refractivity contribution in [2.24, 2.45) is 11.8 Å². The number of hydrogen-bond donors (Lipinski definition) is 1. The molecule has 2 saturated carbocycles. The van der Waals surface area contributed by atoms with Crippen LogP contribution in [0, 0.1) is 11.8 Å². The standard InChI is InChI=1S/C16H26N2O3/c19-15(13-6-3-7-14(13)16(20)21)18-10-8-17(9-11-18)12-4-1-2-5-12/h12-14H,1-11H2,(H,20,21). The first-order chi connectivity index (χ1) is 10.2. The predicted molar refractivity (Wildman–Crippen MR) is 78.9 cm³/mol. The minimum Gasteiger partial charge on any atom is -0.481 e. The van der Waals surface area contributed by atoms with Crippen LogP contribution in [0.2, 0.25) is 0 Å². The van der Waals surface area contributed by atoms with Crippen molar-refractivity contribution in [2.45, 2.75) is 51.0 Å². The molecule has 1 heterocycles. The van der Waals surface area contributed by atoms with Gasteiger partial charge in [-0.15, -0.1) is 0 Å². The SMILES string of the molecule is O=C(O)C1CCCC1C(=O)N1CCN(C2CCCC2)CC1. The summed E-state index contributed by atoms with van der Waals surface area (Å²) >= 11 is 0. The minimum absolute atomic E-state index is 0.0889. The van der Waals surface area contributed by atoms with E-state index in [0.717, 1.165) is 45.1 Å². The smallest absolute Gasteiger partial charge is 0.307 e. The summed E-state index contributed by atoms with van der Waals surface area (Å²) in [5, 5.41) is 9.24. The van der Waals surface area contributed by atoms with Crippen LogP contribution in [0.3, 0.4) is 0 Å². The molecule has 1 saturated heterocycles. The number of carbonyl (C=O) groups is 2. The predicted octanol–water partition coefficient (Wildman–Crippen LogP) is 1.57. The molecule has 0 spiro atoms. The Labute approximate surface area is 126 Å². The Morgan fingerprint density at radius 2 is 1.43 bits per heavy atom. The molecule has 3 fully saturated rings. The number of amides is 1. The van der Waals surface area contributed by atoms with Crippen molar-refractivity contribution in [3.63, 3.8) is 0 Å². The molecule has 3 rings (SSSR count). The molecule has 5 nitrogen and oxygen atoms in total. The highest BCUT2D eigenvalue weighted by atomic mass is 16.4. The first-order valence-corrected chi connectivity index (χ1v) is 8.42. The monoisotopic (exact) mass is 294 g/mol. The fraction of sp³-hybridized carbons (Fsp3) is 0.875. The lowest BCUT2D eigenvalue weighted by molar-refractivity contribution is -0.149. The van der Waals surface area contributed by atoms with Crippen molar-refractivity contribution >= 4 is 11.9 Å². The van der Waals surface area contributed by atoms with Crippen molar-refractivity contribution in [3.05, 3.63) is 0 Å². The van der Waals surface area contributed by atoms with Gasteiger partial charge < -0.3 is 10.0 Å². The van der Waals surface area contributed by atoms with E-state index in [4.69, 9.17) is 0 Å². The number of nitrogens with zero attached hydrogens (tertiary/aromatic N) is 2. The number of piperazine rings is 1. The van der Waals surface area contributed by atoms with Crippen molar-refractivity contribution in [1.82, 2.24) is 9.80 Å². The van der Waals surface area contributed by atoms with Gasteiger partial charge in [-0.05, 0) is 25.7 Å². The Bertz CT molecular complexity index is 398. The minimum atomic E-state index is -0.796. The van der Waals surface area contributed by atoms with E-state index in [1.165, 1.54) is 25.7 Å². The highest BCUT2D eigenvalue weighted by Gasteiger charge is 2.40. The van der Waals surface area contributed by atoms with Gasteiger partial charge >= 0.3 is 5.97 Å². The molecule has 2 aliphatic carbocycles. The quantitative estimate of drug-likeness (QED) is 0.858. The molecule has 0 radical (unpaired) electrons. The van der Waals surface area contributed by atoms with E-state index in [-0.39, 0.29) is 11.8 Å². The Morgan fingerprint density at radius 3 is 2.05 bits per heavy atom. The molecule has 0 aromatic heterocycles. The van der Waals surface area contributed by atoms with Gasteiger partial charge in [-0.1, -0.05) is 19.3 Å². The Balaban J connectivity index is 1.54. The van der Waals surface area contributed by atoms with Gasteiger partial charge in [0, 0.05) is 32.2 Å². The lowest BCUT2D eigenvalue weighted by atomic mass is 9.94. The van der Waals surface area contributed by atoms with E-state index in [1.54, 1.807) is 0 Å². The van der Waals surface area contributed by atoms with E-state index >= 15 is 0 Å². The molecule has 1 aliphatic heterocycles. The Morgan fingerprint density at radius 1 is 0.810 bits per heavy atom. The zero-order chi connectivity index (χ0) is 14.8. The van der Waals surface area contributed by atoms with E-state index in [1.807, 2.05) is 4.90 Å². The average molecular weight is 294 g/mol. The van der Waals surface area contributed by atoms with Gasteiger partial charge in [0.05, 0.1) is 11.8 Å². The van der Waals surface area contributed by atoms with Gasteiger partial charge in [-0.25, -0.2) is 0 Å². The number of carboxylic acids is 1. The van der Waals surface area contributed by atoms with Gasteiger partial charge in [-0.2, -0.15) is 0 Å². The Kier molecular flexibility index (Phi) is 4.48. The first-order valence-electron chi connectivity index (χ1n) is 8.42. The largest absolute Gasteiger partial charge is 0.481 e. The second-order valence-electron chi connectivity index (χ2n) is 6.78. The zero-order valence-corrected chi connectivity index (χ0v) is 12.7. The summed E-state index contributed by atoms with van der Waals surface area (Å²) in [6.07, 6.45) is 7.56. The van der Waals surface area contributed by atoms with E-state index in [0.29, 0.717) is 6.42 Å². The number of rotatable bonds is 3. The summed E-state index contributed by atoms with van der Waals surface area (Å²) in [5.74, 6) is -1.44. The second-order valence-corrected chi connectivity index (χ2v) is 6.78. The molecule has 21 heavy (non-hydrogen) atoms. The molecule has 0 bridgehead atoms. The van der Waals surface area contributed by atoms with Gasteiger partial charge in [0.15, 0.2) is 0 Å².